The molecule has 1 aromatic rings. The van der Waals surface area contributed by atoms with Crippen molar-refractivity contribution in [2.75, 3.05) is 32.8 Å². The summed E-state index contributed by atoms with van der Waals surface area (Å²) in [6.45, 7) is 11.6. The molecule has 0 aliphatic carbocycles. The molecule has 0 saturated carbocycles. The van der Waals surface area contributed by atoms with Crippen LogP contribution in [0, 0.1) is 6.92 Å². The van der Waals surface area contributed by atoms with Gasteiger partial charge in [-0.15, -0.1) is 11.3 Å². The standard InChI is InChI=1S/C14H24N2OS/c1-4-15-14(12-6-9-18-11(12)3)13-10-16(5-2)7-8-17-13/h6,9,13-15H,4-5,7-8,10H2,1-3H3. The summed E-state index contributed by atoms with van der Waals surface area (Å²) in [5.74, 6) is 0. The maximum absolute atomic E-state index is 6.00. The highest BCUT2D eigenvalue weighted by Crippen LogP contribution is 2.28. The first kappa shape index (κ1) is 14.0. The van der Waals surface area contributed by atoms with Crippen LogP contribution < -0.4 is 5.32 Å². The smallest absolute Gasteiger partial charge is 0.0897 e. The Balaban J connectivity index is 2.12. The average molecular weight is 268 g/mol. The molecule has 0 amide bonds. The topological polar surface area (TPSA) is 24.5 Å². The lowest BCUT2D eigenvalue weighted by molar-refractivity contribution is -0.0453. The van der Waals surface area contributed by atoms with Crippen molar-refractivity contribution in [3.05, 3.63) is 21.9 Å². The zero-order valence-electron chi connectivity index (χ0n) is 11.6. The van der Waals surface area contributed by atoms with Crippen LogP contribution in [0.5, 0.6) is 0 Å². The Morgan fingerprint density at radius 3 is 3.00 bits per heavy atom. The van der Waals surface area contributed by atoms with E-state index in [2.05, 4.69) is 42.4 Å². The first-order valence-electron chi connectivity index (χ1n) is 6.87. The van der Waals surface area contributed by atoms with Gasteiger partial charge in [0.15, 0.2) is 0 Å². The Hall–Kier alpha value is -0.420. The van der Waals surface area contributed by atoms with Crippen LogP contribution >= 0.6 is 11.3 Å². The lowest BCUT2D eigenvalue weighted by atomic mass is 10.0. The molecule has 4 heteroatoms. The normalized spacial score (nSPS) is 23.2. The first-order valence-corrected chi connectivity index (χ1v) is 7.75. The van der Waals surface area contributed by atoms with Crippen LogP contribution in [0.15, 0.2) is 11.4 Å². The number of hydrogen-bond acceptors (Lipinski definition) is 4. The minimum atomic E-state index is 0.270. The van der Waals surface area contributed by atoms with Crippen LogP contribution in [0.4, 0.5) is 0 Å². The van der Waals surface area contributed by atoms with E-state index in [1.165, 1.54) is 10.4 Å². The second-order valence-corrected chi connectivity index (χ2v) is 5.89. The van der Waals surface area contributed by atoms with Crippen LogP contribution in [0.3, 0.4) is 0 Å². The molecule has 2 rings (SSSR count). The number of thiophene rings is 1. The fourth-order valence-corrected chi connectivity index (χ4v) is 3.35. The lowest BCUT2D eigenvalue weighted by Crippen LogP contribution is -2.48. The van der Waals surface area contributed by atoms with Gasteiger partial charge in [0.2, 0.25) is 0 Å². The second-order valence-electron chi connectivity index (χ2n) is 4.77. The van der Waals surface area contributed by atoms with E-state index in [0.29, 0.717) is 6.04 Å². The predicted molar refractivity (Wildman–Crippen MR) is 77.3 cm³/mol. The Morgan fingerprint density at radius 1 is 1.56 bits per heavy atom. The monoisotopic (exact) mass is 268 g/mol. The lowest BCUT2D eigenvalue weighted by Gasteiger charge is -2.37. The fraction of sp³-hybridized carbons (Fsp3) is 0.714. The summed E-state index contributed by atoms with van der Waals surface area (Å²) in [6, 6.07) is 2.57. The molecule has 2 heterocycles. The van der Waals surface area contributed by atoms with Gasteiger partial charge in [-0.3, -0.25) is 4.90 Å². The number of hydrogen-bond donors (Lipinski definition) is 1. The number of rotatable bonds is 5. The third kappa shape index (κ3) is 3.12. The maximum Gasteiger partial charge on any atom is 0.0897 e. The van der Waals surface area contributed by atoms with Crippen molar-refractivity contribution < 1.29 is 4.74 Å². The maximum atomic E-state index is 6.00. The van der Waals surface area contributed by atoms with E-state index in [9.17, 15) is 0 Å². The molecule has 102 valence electrons. The summed E-state index contributed by atoms with van der Waals surface area (Å²) in [5.41, 5.74) is 1.41. The van der Waals surface area contributed by atoms with E-state index in [0.717, 1.165) is 32.8 Å². The highest BCUT2D eigenvalue weighted by atomic mass is 32.1. The molecule has 1 aliphatic heterocycles. The number of ether oxygens (including phenoxy) is 1. The van der Waals surface area contributed by atoms with Gasteiger partial charge in [-0.1, -0.05) is 13.8 Å². The first-order chi connectivity index (χ1) is 8.76. The van der Waals surface area contributed by atoms with Crippen molar-refractivity contribution in [2.24, 2.45) is 0 Å². The quantitative estimate of drug-likeness (QED) is 0.887. The Morgan fingerprint density at radius 2 is 2.39 bits per heavy atom. The second kappa shape index (κ2) is 6.66. The summed E-state index contributed by atoms with van der Waals surface area (Å²) < 4.78 is 6.00. The van der Waals surface area contributed by atoms with Gasteiger partial charge >= 0.3 is 0 Å². The summed E-state index contributed by atoms with van der Waals surface area (Å²) in [5, 5.41) is 5.77. The molecule has 2 atom stereocenters. The SMILES string of the molecule is CCNC(c1ccsc1C)C1CN(CC)CCO1. The van der Waals surface area contributed by atoms with Crippen molar-refractivity contribution in [2.45, 2.75) is 32.9 Å². The molecule has 2 unspecified atom stereocenters. The molecule has 18 heavy (non-hydrogen) atoms. The van der Waals surface area contributed by atoms with Crippen molar-refractivity contribution >= 4 is 11.3 Å². The van der Waals surface area contributed by atoms with Crippen LogP contribution in [0.1, 0.15) is 30.3 Å². The van der Waals surface area contributed by atoms with E-state index in [-0.39, 0.29) is 6.10 Å². The molecule has 1 aliphatic rings. The summed E-state index contributed by atoms with van der Waals surface area (Å²) in [6.07, 6.45) is 0.270. The minimum absolute atomic E-state index is 0.270. The molecule has 1 aromatic heterocycles. The Labute approximate surface area is 114 Å². The van der Waals surface area contributed by atoms with Crippen molar-refractivity contribution in [3.63, 3.8) is 0 Å². The number of likely N-dealkylation sites (N-methyl/N-ethyl adjacent to an activating group) is 2. The number of nitrogens with zero attached hydrogens (tertiary/aromatic N) is 1. The molecular formula is C14H24N2OS. The summed E-state index contributed by atoms with van der Waals surface area (Å²) in [4.78, 5) is 3.87. The highest BCUT2D eigenvalue weighted by Gasteiger charge is 2.29. The van der Waals surface area contributed by atoms with Crippen LogP contribution in [-0.2, 0) is 4.74 Å². The number of morpholine rings is 1. The van der Waals surface area contributed by atoms with Gasteiger partial charge in [-0.25, -0.2) is 0 Å². The van der Waals surface area contributed by atoms with Crippen molar-refractivity contribution in [1.82, 2.24) is 10.2 Å². The van der Waals surface area contributed by atoms with Gasteiger partial charge in [0.1, 0.15) is 0 Å². The van der Waals surface area contributed by atoms with Crippen LogP contribution in [-0.4, -0.2) is 43.8 Å². The minimum Gasteiger partial charge on any atom is -0.374 e. The van der Waals surface area contributed by atoms with Crippen LogP contribution in [0.2, 0.25) is 0 Å². The van der Waals surface area contributed by atoms with Gasteiger partial charge in [0, 0.05) is 18.0 Å². The molecule has 3 nitrogen and oxygen atoms in total. The zero-order valence-corrected chi connectivity index (χ0v) is 12.4. The van der Waals surface area contributed by atoms with Gasteiger partial charge < -0.3 is 10.1 Å². The van der Waals surface area contributed by atoms with E-state index < -0.39 is 0 Å². The fourth-order valence-electron chi connectivity index (χ4n) is 2.60. The molecule has 0 bridgehead atoms. The van der Waals surface area contributed by atoms with Gasteiger partial charge in [0.25, 0.3) is 0 Å². The zero-order chi connectivity index (χ0) is 13.0. The van der Waals surface area contributed by atoms with E-state index in [1.54, 1.807) is 0 Å². The highest BCUT2D eigenvalue weighted by molar-refractivity contribution is 7.10. The Kier molecular flexibility index (Phi) is 5.18. The van der Waals surface area contributed by atoms with Crippen LogP contribution in [0.25, 0.3) is 0 Å². The largest absolute Gasteiger partial charge is 0.374 e. The third-order valence-electron chi connectivity index (χ3n) is 3.65. The van der Waals surface area contributed by atoms with Gasteiger partial charge in [-0.05, 0) is 37.0 Å². The summed E-state index contributed by atoms with van der Waals surface area (Å²) in [7, 11) is 0. The average Bonchev–Trinajstić information content (AvgIpc) is 2.82. The van der Waals surface area contributed by atoms with E-state index in [4.69, 9.17) is 4.74 Å². The Bertz CT molecular complexity index is 366. The molecule has 1 saturated heterocycles. The summed E-state index contributed by atoms with van der Waals surface area (Å²) >= 11 is 1.82. The molecule has 0 aromatic carbocycles. The van der Waals surface area contributed by atoms with Gasteiger partial charge in [-0.2, -0.15) is 0 Å². The number of aryl methyl sites for hydroxylation is 1. The van der Waals surface area contributed by atoms with E-state index in [1.807, 2.05) is 11.3 Å². The number of nitrogens with one attached hydrogen (secondary N) is 1. The predicted octanol–water partition coefficient (Wildman–Crippen LogP) is 2.43. The van der Waals surface area contributed by atoms with E-state index >= 15 is 0 Å². The van der Waals surface area contributed by atoms with Gasteiger partial charge in [0.05, 0.1) is 18.8 Å². The molecule has 1 fully saturated rings. The molecular weight excluding hydrogens is 244 g/mol. The molecule has 1 N–H and O–H groups in total. The molecule has 0 radical (unpaired) electrons. The van der Waals surface area contributed by atoms with Crippen molar-refractivity contribution in [3.8, 4) is 0 Å². The molecule has 0 spiro atoms. The third-order valence-corrected chi connectivity index (χ3v) is 4.52. The van der Waals surface area contributed by atoms with Crippen molar-refractivity contribution in [1.29, 1.82) is 0 Å².